The van der Waals surface area contributed by atoms with E-state index in [1.165, 1.54) is 18.3 Å². The van der Waals surface area contributed by atoms with Crippen LogP contribution in [0.1, 0.15) is 20.8 Å². The Labute approximate surface area is 125 Å². The Kier molecular flexibility index (Phi) is 5.45. The van der Waals surface area contributed by atoms with Crippen molar-refractivity contribution in [2.24, 2.45) is 0 Å². The van der Waals surface area contributed by atoms with Crippen LogP contribution in [0, 0.1) is 0 Å². The third kappa shape index (κ3) is 3.22. The van der Waals surface area contributed by atoms with Crippen LogP contribution in [0.3, 0.4) is 0 Å². The van der Waals surface area contributed by atoms with Crippen LogP contribution in [-0.2, 0) is 0 Å². The molecule has 0 aliphatic carbocycles. The maximum atomic E-state index is 11.9. The van der Waals surface area contributed by atoms with Crippen molar-refractivity contribution in [2.75, 3.05) is 18.2 Å². The molecule has 0 N–H and O–H groups in total. The van der Waals surface area contributed by atoms with Crippen LogP contribution >= 0.6 is 11.8 Å². The van der Waals surface area contributed by atoms with Gasteiger partial charge in [-0.25, -0.2) is 0 Å². The Hall–Kier alpha value is -0.560. The first-order valence-corrected chi connectivity index (χ1v) is 5.89. The molecule has 2 rings (SSSR count). The van der Waals surface area contributed by atoms with Crippen LogP contribution in [0.2, 0.25) is 0 Å². The van der Waals surface area contributed by atoms with E-state index in [1.54, 1.807) is 16.7 Å². The van der Waals surface area contributed by atoms with E-state index < -0.39 is 5.97 Å². The van der Waals surface area contributed by atoms with Gasteiger partial charge in [0.1, 0.15) is 5.69 Å². The molecule has 0 atom stereocenters. The maximum Gasteiger partial charge on any atom is 1.00 e. The molecule has 7 heteroatoms. The van der Waals surface area contributed by atoms with E-state index >= 15 is 0 Å². The Bertz CT molecular complexity index is 435. The molecule has 0 radical (unpaired) electrons. The number of hydrogen-bond acceptors (Lipinski definition) is 5. The number of carbonyl (C=O) groups is 2. The number of carboxylic acids is 1. The van der Waals surface area contributed by atoms with Gasteiger partial charge in [-0.15, -0.1) is 11.8 Å². The average Bonchev–Trinajstić information content (AvgIpc) is 2.81. The SMILES string of the molecule is O=C([O-])c1cccnc1C(=O)N1CCSC1.[Na+]. The minimum absolute atomic E-state index is 0. The molecular formula is C10H9N2NaO3S. The molecule has 1 aromatic heterocycles. The zero-order valence-corrected chi connectivity index (χ0v) is 12.2. The van der Waals surface area contributed by atoms with E-state index in [0.717, 1.165) is 5.75 Å². The fourth-order valence-corrected chi connectivity index (χ4v) is 2.41. The van der Waals surface area contributed by atoms with Crippen LogP contribution in [0.4, 0.5) is 0 Å². The number of pyridine rings is 1. The van der Waals surface area contributed by atoms with Crippen molar-refractivity contribution in [3.8, 4) is 0 Å². The molecule has 1 aliphatic heterocycles. The minimum Gasteiger partial charge on any atom is -0.545 e. The van der Waals surface area contributed by atoms with E-state index in [0.29, 0.717) is 12.4 Å². The summed E-state index contributed by atoms with van der Waals surface area (Å²) in [7, 11) is 0. The molecular weight excluding hydrogens is 251 g/mol. The fourth-order valence-electron chi connectivity index (χ4n) is 1.46. The van der Waals surface area contributed by atoms with Gasteiger partial charge >= 0.3 is 29.6 Å². The van der Waals surface area contributed by atoms with Gasteiger partial charge in [0.15, 0.2) is 0 Å². The van der Waals surface area contributed by atoms with Gasteiger partial charge in [0.2, 0.25) is 0 Å². The molecule has 0 spiro atoms. The number of carbonyl (C=O) groups excluding carboxylic acids is 2. The first-order valence-electron chi connectivity index (χ1n) is 4.73. The summed E-state index contributed by atoms with van der Waals surface area (Å²) in [6.07, 6.45) is 1.41. The fraction of sp³-hybridized carbons (Fsp3) is 0.300. The predicted octanol–water partition coefficient (Wildman–Crippen LogP) is -3.40. The number of aromatic nitrogens is 1. The second-order valence-corrected chi connectivity index (χ2v) is 4.37. The molecule has 0 bridgehead atoms. The van der Waals surface area contributed by atoms with Crippen molar-refractivity contribution in [2.45, 2.75) is 0 Å². The molecule has 17 heavy (non-hydrogen) atoms. The standard InChI is InChI=1S/C10H10N2O3S.Na/c13-9(12-4-5-16-6-12)8-7(10(14)15)2-1-3-11-8;/h1-3H,4-6H2,(H,14,15);/q;+1/p-1. The molecule has 5 nitrogen and oxygen atoms in total. The summed E-state index contributed by atoms with van der Waals surface area (Å²) in [5.74, 6) is -0.255. The van der Waals surface area contributed by atoms with Gasteiger partial charge in [0.25, 0.3) is 5.91 Å². The average molecular weight is 260 g/mol. The minimum atomic E-state index is -1.37. The number of thioether (sulfide) groups is 1. The smallest absolute Gasteiger partial charge is 0.545 e. The second kappa shape index (κ2) is 6.39. The van der Waals surface area contributed by atoms with Gasteiger partial charge in [0.05, 0.1) is 11.8 Å². The summed E-state index contributed by atoms with van der Waals surface area (Å²) in [4.78, 5) is 28.2. The molecule has 0 aromatic carbocycles. The third-order valence-electron chi connectivity index (χ3n) is 2.27. The first kappa shape index (κ1) is 14.5. The van der Waals surface area contributed by atoms with Gasteiger partial charge in [-0.05, 0) is 12.1 Å². The van der Waals surface area contributed by atoms with Gasteiger partial charge < -0.3 is 14.8 Å². The summed E-state index contributed by atoms with van der Waals surface area (Å²) in [6.45, 7) is 0.632. The normalized spacial score (nSPS) is 14.2. The van der Waals surface area contributed by atoms with Gasteiger partial charge in [-0.1, -0.05) is 0 Å². The summed E-state index contributed by atoms with van der Waals surface area (Å²) >= 11 is 1.63. The maximum absolute atomic E-state index is 11.9. The summed E-state index contributed by atoms with van der Waals surface area (Å²) in [5, 5.41) is 10.8. The van der Waals surface area contributed by atoms with E-state index in [4.69, 9.17) is 0 Å². The van der Waals surface area contributed by atoms with E-state index in [2.05, 4.69) is 4.98 Å². The third-order valence-corrected chi connectivity index (χ3v) is 3.24. The number of hydrogen-bond donors (Lipinski definition) is 0. The van der Waals surface area contributed by atoms with Crippen LogP contribution in [0.15, 0.2) is 18.3 Å². The quantitative estimate of drug-likeness (QED) is 0.518. The summed E-state index contributed by atoms with van der Waals surface area (Å²) < 4.78 is 0. The largest absolute Gasteiger partial charge is 1.00 e. The topological polar surface area (TPSA) is 73.3 Å². The molecule has 1 aliphatic rings. The summed E-state index contributed by atoms with van der Waals surface area (Å²) in [6, 6.07) is 2.80. The van der Waals surface area contributed by atoms with E-state index in [9.17, 15) is 14.7 Å². The van der Waals surface area contributed by atoms with E-state index in [-0.39, 0.29) is 46.7 Å². The van der Waals surface area contributed by atoms with Crippen LogP contribution in [0.5, 0.6) is 0 Å². The predicted molar refractivity (Wildman–Crippen MR) is 56.9 cm³/mol. The monoisotopic (exact) mass is 260 g/mol. The van der Waals surface area contributed by atoms with Crippen molar-refractivity contribution in [1.82, 2.24) is 9.88 Å². The molecule has 84 valence electrons. The molecule has 0 saturated carbocycles. The molecule has 1 aromatic rings. The van der Waals surface area contributed by atoms with Crippen molar-refractivity contribution >= 4 is 23.6 Å². The first-order chi connectivity index (χ1) is 7.70. The molecule has 1 saturated heterocycles. The second-order valence-electron chi connectivity index (χ2n) is 3.29. The van der Waals surface area contributed by atoms with Crippen molar-refractivity contribution in [1.29, 1.82) is 0 Å². The van der Waals surface area contributed by atoms with Crippen molar-refractivity contribution in [3.63, 3.8) is 0 Å². The molecule has 2 heterocycles. The van der Waals surface area contributed by atoms with Gasteiger partial charge in [-0.2, -0.15) is 0 Å². The Morgan fingerprint density at radius 3 is 2.82 bits per heavy atom. The van der Waals surface area contributed by atoms with Crippen LogP contribution in [0.25, 0.3) is 0 Å². The zero-order valence-electron chi connectivity index (χ0n) is 9.38. The Morgan fingerprint density at radius 2 is 2.24 bits per heavy atom. The zero-order chi connectivity index (χ0) is 11.5. The molecule has 1 amide bonds. The van der Waals surface area contributed by atoms with Crippen molar-refractivity contribution in [3.05, 3.63) is 29.6 Å². The summed E-state index contributed by atoms with van der Waals surface area (Å²) in [5.41, 5.74) is -0.186. The Morgan fingerprint density at radius 1 is 1.47 bits per heavy atom. The van der Waals surface area contributed by atoms with Crippen LogP contribution in [-0.4, -0.2) is 39.9 Å². The number of nitrogens with zero attached hydrogens (tertiary/aromatic N) is 2. The Balaban J connectivity index is 0.00000144. The number of rotatable bonds is 2. The molecule has 0 unspecified atom stereocenters. The number of carboxylic acid groups (broad SMARTS) is 1. The van der Waals surface area contributed by atoms with E-state index in [1.807, 2.05) is 0 Å². The number of amides is 1. The van der Waals surface area contributed by atoms with Crippen molar-refractivity contribution < 1.29 is 44.3 Å². The van der Waals surface area contributed by atoms with Crippen LogP contribution < -0.4 is 34.7 Å². The molecule has 1 fully saturated rings. The number of aromatic carboxylic acids is 1. The van der Waals surface area contributed by atoms with Gasteiger partial charge in [-0.3, -0.25) is 9.78 Å². The van der Waals surface area contributed by atoms with Gasteiger partial charge in [0, 0.05) is 24.1 Å².